The Bertz CT molecular complexity index is 1190. The monoisotopic (exact) mass is 476 g/mol. The molecule has 0 aliphatic carbocycles. The number of amides is 1. The first-order valence-electron chi connectivity index (χ1n) is 10.1. The smallest absolute Gasteiger partial charge is 0.233 e. The number of furan rings is 1. The molecule has 0 radical (unpaired) electrons. The summed E-state index contributed by atoms with van der Waals surface area (Å²) < 4.78 is 36.6. The van der Waals surface area contributed by atoms with Gasteiger partial charge in [0.15, 0.2) is 20.8 Å². The molecule has 3 heterocycles. The molecule has 3 aromatic rings. The lowest BCUT2D eigenvalue weighted by molar-refractivity contribution is -0.131. The number of ether oxygens (including phenoxy) is 1. The highest BCUT2D eigenvalue weighted by Gasteiger charge is 2.35. The molecule has 1 fully saturated rings. The molecule has 1 amide bonds. The second-order valence-corrected chi connectivity index (χ2v) is 10.7. The Balaban J connectivity index is 1.49. The van der Waals surface area contributed by atoms with Crippen molar-refractivity contribution < 1.29 is 22.4 Å². The van der Waals surface area contributed by atoms with Crippen molar-refractivity contribution in [2.45, 2.75) is 24.2 Å². The van der Waals surface area contributed by atoms with Gasteiger partial charge in [-0.3, -0.25) is 4.79 Å². The molecule has 0 saturated carbocycles. The van der Waals surface area contributed by atoms with Crippen LogP contribution in [0.25, 0.3) is 11.4 Å². The van der Waals surface area contributed by atoms with E-state index in [9.17, 15) is 13.2 Å². The van der Waals surface area contributed by atoms with Crippen LogP contribution in [0, 0.1) is 0 Å². The Morgan fingerprint density at radius 2 is 2.09 bits per heavy atom. The van der Waals surface area contributed by atoms with E-state index >= 15 is 0 Å². The second kappa shape index (κ2) is 9.37. The predicted octanol–water partition coefficient (Wildman–Crippen LogP) is 2.39. The number of carbonyl (C=O) groups is 1. The number of nitrogens with zero attached hydrogens (tertiary/aromatic N) is 4. The summed E-state index contributed by atoms with van der Waals surface area (Å²) >= 11 is 1.26. The number of hydrogen-bond acceptors (Lipinski definition) is 8. The van der Waals surface area contributed by atoms with E-state index in [0.29, 0.717) is 28.9 Å². The van der Waals surface area contributed by atoms with Crippen LogP contribution in [0.15, 0.2) is 52.2 Å². The van der Waals surface area contributed by atoms with Gasteiger partial charge in [-0.1, -0.05) is 23.9 Å². The van der Waals surface area contributed by atoms with Gasteiger partial charge in [-0.25, -0.2) is 8.42 Å². The largest absolute Gasteiger partial charge is 0.496 e. The van der Waals surface area contributed by atoms with Crippen molar-refractivity contribution in [1.82, 2.24) is 19.7 Å². The average Bonchev–Trinajstić information content (AvgIpc) is 3.51. The van der Waals surface area contributed by atoms with Gasteiger partial charge in [0.25, 0.3) is 0 Å². The highest BCUT2D eigenvalue weighted by atomic mass is 32.2. The van der Waals surface area contributed by atoms with E-state index in [1.807, 2.05) is 35.9 Å². The molecule has 0 unspecified atom stereocenters. The Hall–Kier alpha value is -2.79. The summed E-state index contributed by atoms with van der Waals surface area (Å²) in [6.45, 7) is 0.234. The van der Waals surface area contributed by atoms with Gasteiger partial charge in [0, 0.05) is 13.1 Å². The standard InChI is InChI=1S/C21H24N4O5S2/c1-24-20(17-7-3-4-8-18(17)29-2)22-23-21(24)31-13-19(26)25(12-16-6-5-10-30-16)15-9-11-32(27,28)14-15/h3-8,10,15H,9,11-14H2,1-2H3/t15-/m1/s1. The van der Waals surface area contributed by atoms with E-state index in [2.05, 4.69) is 10.2 Å². The summed E-state index contributed by atoms with van der Waals surface area (Å²) in [5.74, 6) is 1.94. The van der Waals surface area contributed by atoms with Crippen molar-refractivity contribution in [2.24, 2.45) is 7.05 Å². The van der Waals surface area contributed by atoms with E-state index in [0.717, 1.165) is 5.56 Å². The topological polar surface area (TPSA) is 108 Å². The summed E-state index contributed by atoms with van der Waals surface area (Å²) in [5, 5.41) is 9.08. The van der Waals surface area contributed by atoms with Gasteiger partial charge in [-0.05, 0) is 30.7 Å². The number of hydrogen-bond donors (Lipinski definition) is 0. The fourth-order valence-corrected chi connectivity index (χ4v) is 6.25. The summed E-state index contributed by atoms with van der Waals surface area (Å²) in [6, 6.07) is 10.7. The van der Waals surface area contributed by atoms with E-state index < -0.39 is 9.84 Å². The average molecular weight is 477 g/mol. The van der Waals surface area contributed by atoms with Gasteiger partial charge in [-0.15, -0.1) is 10.2 Å². The maximum atomic E-state index is 13.1. The minimum absolute atomic E-state index is 0.0218. The van der Waals surface area contributed by atoms with Crippen LogP contribution in [-0.4, -0.2) is 64.4 Å². The number of benzene rings is 1. The molecule has 2 aromatic heterocycles. The van der Waals surface area contributed by atoms with Crippen LogP contribution >= 0.6 is 11.8 Å². The number of carbonyl (C=O) groups excluding carboxylic acids is 1. The minimum atomic E-state index is -3.13. The van der Waals surface area contributed by atoms with Gasteiger partial charge in [0.2, 0.25) is 5.91 Å². The number of rotatable bonds is 8. The van der Waals surface area contributed by atoms with E-state index in [-0.39, 0.29) is 35.8 Å². The number of aromatic nitrogens is 3. The van der Waals surface area contributed by atoms with Crippen molar-refractivity contribution in [3.63, 3.8) is 0 Å². The van der Waals surface area contributed by atoms with Crippen LogP contribution in [0.3, 0.4) is 0 Å². The van der Waals surface area contributed by atoms with Crippen molar-refractivity contribution in [3.8, 4) is 17.1 Å². The first kappa shape index (κ1) is 22.4. The van der Waals surface area contributed by atoms with Crippen molar-refractivity contribution in [1.29, 1.82) is 0 Å². The van der Waals surface area contributed by atoms with Crippen molar-refractivity contribution >= 4 is 27.5 Å². The number of methoxy groups -OCH3 is 1. The maximum absolute atomic E-state index is 13.1. The Labute approximate surface area is 190 Å². The fraction of sp³-hybridized carbons (Fsp3) is 0.381. The van der Waals surface area contributed by atoms with Gasteiger partial charge in [-0.2, -0.15) is 0 Å². The predicted molar refractivity (Wildman–Crippen MR) is 120 cm³/mol. The SMILES string of the molecule is COc1ccccc1-c1nnc(SCC(=O)N(Cc2ccco2)[C@@H]2CCS(=O)(=O)C2)n1C. The molecule has 9 nitrogen and oxygen atoms in total. The van der Waals surface area contributed by atoms with Crippen LogP contribution in [0.1, 0.15) is 12.2 Å². The van der Waals surface area contributed by atoms with Crippen molar-refractivity contribution in [3.05, 3.63) is 48.4 Å². The third-order valence-corrected chi connectivity index (χ3v) is 8.14. The summed E-state index contributed by atoms with van der Waals surface area (Å²) in [5.41, 5.74) is 0.804. The number of para-hydroxylation sites is 1. The quantitative estimate of drug-likeness (QED) is 0.456. The maximum Gasteiger partial charge on any atom is 0.233 e. The zero-order valence-electron chi connectivity index (χ0n) is 17.8. The van der Waals surface area contributed by atoms with Crippen molar-refractivity contribution in [2.75, 3.05) is 24.4 Å². The van der Waals surface area contributed by atoms with E-state index in [4.69, 9.17) is 9.15 Å². The Morgan fingerprint density at radius 3 is 2.78 bits per heavy atom. The third-order valence-electron chi connectivity index (χ3n) is 5.38. The molecule has 1 saturated heterocycles. The molecule has 1 aliphatic rings. The van der Waals surface area contributed by atoms with Crippen LogP contribution < -0.4 is 4.74 Å². The van der Waals surface area contributed by atoms with E-state index in [1.165, 1.54) is 18.0 Å². The highest BCUT2D eigenvalue weighted by molar-refractivity contribution is 7.99. The number of sulfone groups is 1. The molecular weight excluding hydrogens is 452 g/mol. The van der Waals surface area contributed by atoms with Crippen LogP contribution in [0.4, 0.5) is 0 Å². The zero-order chi connectivity index (χ0) is 22.7. The third kappa shape index (κ3) is 4.83. The second-order valence-electron chi connectivity index (χ2n) is 7.51. The lowest BCUT2D eigenvalue weighted by Gasteiger charge is -2.27. The molecule has 1 aliphatic heterocycles. The van der Waals surface area contributed by atoms with Crippen LogP contribution in [0.2, 0.25) is 0 Å². The molecule has 0 spiro atoms. The molecule has 32 heavy (non-hydrogen) atoms. The fourth-order valence-electron chi connectivity index (χ4n) is 3.73. The molecule has 11 heteroatoms. The first-order valence-corrected chi connectivity index (χ1v) is 12.9. The molecule has 4 rings (SSSR count). The summed E-state index contributed by atoms with van der Waals surface area (Å²) in [4.78, 5) is 14.7. The Kier molecular flexibility index (Phi) is 6.56. The molecular formula is C21H24N4O5S2. The normalized spacial score (nSPS) is 17.4. The van der Waals surface area contributed by atoms with Gasteiger partial charge in [0.05, 0.1) is 42.7 Å². The minimum Gasteiger partial charge on any atom is -0.496 e. The molecule has 170 valence electrons. The van der Waals surface area contributed by atoms with Gasteiger partial charge < -0.3 is 18.6 Å². The first-order chi connectivity index (χ1) is 15.4. The molecule has 1 aromatic carbocycles. The molecule has 0 bridgehead atoms. The van der Waals surface area contributed by atoms with Gasteiger partial charge >= 0.3 is 0 Å². The van der Waals surface area contributed by atoms with Gasteiger partial charge in [0.1, 0.15) is 11.5 Å². The number of thioether (sulfide) groups is 1. The molecule has 0 N–H and O–H groups in total. The zero-order valence-corrected chi connectivity index (χ0v) is 19.4. The summed E-state index contributed by atoms with van der Waals surface area (Å²) in [7, 11) is 0.299. The van der Waals surface area contributed by atoms with Crippen LogP contribution in [0.5, 0.6) is 5.75 Å². The molecule has 1 atom stereocenters. The van der Waals surface area contributed by atoms with Crippen LogP contribution in [-0.2, 0) is 28.2 Å². The lowest BCUT2D eigenvalue weighted by atomic mass is 10.2. The highest BCUT2D eigenvalue weighted by Crippen LogP contribution is 2.30. The van der Waals surface area contributed by atoms with E-state index in [1.54, 1.807) is 24.1 Å². The Morgan fingerprint density at radius 1 is 1.28 bits per heavy atom. The lowest BCUT2D eigenvalue weighted by Crippen LogP contribution is -2.41. The summed E-state index contributed by atoms with van der Waals surface area (Å²) in [6.07, 6.45) is 1.97.